The van der Waals surface area contributed by atoms with Crippen molar-refractivity contribution in [3.63, 3.8) is 0 Å². The van der Waals surface area contributed by atoms with Crippen LogP contribution < -0.4 is 9.79 Å². The van der Waals surface area contributed by atoms with Gasteiger partial charge < -0.3 is 18.8 Å². The van der Waals surface area contributed by atoms with Gasteiger partial charge in [0.1, 0.15) is 0 Å². The molecule has 0 fully saturated rings. The molecule has 0 aromatic carbocycles. The Morgan fingerprint density at radius 3 is 1.51 bits per heavy atom. The maximum Gasteiger partial charge on any atom is 2.00 e. The van der Waals surface area contributed by atoms with E-state index in [4.69, 9.17) is 32.7 Å². The predicted octanol–water partition coefficient (Wildman–Crippen LogP) is 11.8. The second-order valence-corrected chi connectivity index (χ2v) is 23.8. The Morgan fingerprint density at radius 2 is 1.00 bits per heavy atom. The minimum absolute atomic E-state index is 0. The van der Waals surface area contributed by atoms with Gasteiger partial charge >= 0.3 is 19.5 Å². The molecule has 0 aromatic rings. The van der Waals surface area contributed by atoms with Crippen LogP contribution in [0.1, 0.15) is 170 Å². The van der Waals surface area contributed by atoms with E-state index in [-0.39, 0.29) is 19.5 Å². The van der Waals surface area contributed by atoms with Gasteiger partial charge in [-0.3, -0.25) is 0 Å². The van der Waals surface area contributed by atoms with E-state index in [0.717, 1.165) is 50.0 Å². The van der Waals surface area contributed by atoms with Crippen LogP contribution in [0, 0.1) is 11.8 Å². The van der Waals surface area contributed by atoms with Crippen LogP contribution in [-0.4, -0.2) is 24.7 Å². The molecule has 256 valence electrons. The second-order valence-electron chi connectivity index (χ2n) is 11.5. The van der Waals surface area contributed by atoms with Crippen molar-refractivity contribution in [3.8, 4) is 0 Å². The van der Waals surface area contributed by atoms with Crippen LogP contribution in [0.3, 0.4) is 0 Å². The molecule has 0 aliphatic rings. The standard InChI is InChI=1S/2C16H35O2PS2.Zn/c1-5-9-11-15(7-3)13-18-19(17,20)21-14-16(8-4)12-10-6-2;1-3-5-7-9-11-13-15-18-19(17,20)21-16-14-12-10-8-6-4-2;/h15-16H,5-14H2,1-4H3,(H,17,20);3-16H2,1-2H3,(H,17,20);/q;;+2/p-2. The maximum absolute atomic E-state index is 12.4. The van der Waals surface area contributed by atoms with Crippen LogP contribution >= 0.6 is 34.2 Å². The zero-order valence-electron chi connectivity index (χ0n) is 29.0. The second kappa shape index (κ2) is 35.8. The fourth-order valence-corrected chi connectivity index (χ4v) is 11.3. The number of hydrogen-bond acceptors (Lipinski definition) is 8. The van der Waals surface area contributed by atoms with Crippen LogP contribution in [0.2, 0.25) is 0 Å². The summed E-state index contributed by atoms with van der Waals surface area (Å²) in [5.74, 6) is 2.88. The molecule has 0 saturated heterocycles. The third-order valence-corrected chi connectivity index (χ3v) is 16.3. The first-order valence-corrected chi connectivity index (χ1v) is 25.8. The molecular weight excluding hydrogens is 704 g/mol. The van der Waals surface area contributed by atoms with Gasteiger partial charge in [0.15, 0.2) is 0 Å². The molecule has 0 bridgehead atoms. The summed E-state index contributed by atoms with van der Waals surface area (Å²) in [7, 11) is 0. The summed E-state index contributed by atoms with van der Waals surface area (Å²) in [5.41, 5.74) is -5.71. The summed E-state index contributed by atoms with van der Waals surface area (Å²) < 4.78 is 11.0. The number of rotatable bonds is 30. The van der Waals surface area contributed by atoms with Gasteiger partial charge in [0, 0.05) is 17.1 Å². The molecule has 0 aliphatic carbocycles. The minimum Gasteiger partial charge on any atom is -0.793 e. The average molecular weight is 772 g/mol. The normalized spacial score (nSPS) is 15.4. The van der Waals surface area contributed by atoms with Gasteiger partial charge in [0.25, 0.3) is 0 Å². The summed E-state index contributed by atoms with van der Waals surface area (Å²) in [6.45, 7) is 14.4. The van der Waals surface area contributed by atoms with Gasteiger partial charge in [0.2, 0.25) is 0 Å². The van der Waals surface area contributed by atoms with Gasteiger partial charge in [0.05, 0.1) is 13.2 Å². The van der Waals surface area contributed by atoms with Crippen molar-refractivity contribution in [2.75, 3.05) is 24.7 Å². The topological polar surface area (TPSA) is 64.6 Å². The molecule has 4 atom stereocenters. The van der Waals surface area contributed by atoms with E-state index in [1.165, 1.54) is 113 Å². The van der Waals surface area contributed by atoms with E-state index in [2.05, 4.69) is 41.5 Å². The van der Waals surface area contributed by atoms with Gasteiger partial charge in [-0.25, -0.2) is 0 Å². The third-order valence-electron chi connectivity index (χ3n) is 7.52. The molecule has 11 heteroatoms. The Bertz CT molecular complexity index is 619. The van der Waals surface area contributed by atoms with Crippen molar-refractivity contribution in [1.29, 1.82) is 0 Å². The monoisotopic (exact) mass is 770 g/mol. The van der Waals surface area contributed by atoms with Gasteiger partial charge in [-0.2, -0.15) is 0 Å². The number of hydrogen-bond donors (Lipinski definition) is 0. The average Bonchev–Trinajstić information content (AvgIpc) is 2.96. The van der Waals surface area contributed by atoms with E-state index in [9.17, 15) is 9.79 Å². The first-order chi connectivity index (χ1) is 20.1. The van der Waals surface area contributed by atoms with E-state index in [1.54, 1.807) is 0 Å². The Morgan fingerprint density at radius 1 is 0.558 bits per heavy atom. The molecule has 0 amide bonds. The van der Waals surface area contributed by atoms with Crippen molar-refractivity contribution >= 4 is 57.8 Å². The van der Waals surface area contributed by atoms with E-state index < -0.39 is 11.4 Å². The van der Waals surface area contributed by atoms with Gasteiger partial charge in [-0.05, 0) is 43.3 Å². The smallest absolute Gasteiger partial charge is 0.793 e. The maximum atomic E-state index is 12.4. The van der Waals surface area contributed by atoms with Crippen LogP contribution in [0.5, 0.6) is 0 Å². The van der Waals surface area contributed by atoms with Crippen LogP contribution in [0.15, 0.2) is 0 Å². The molecule has 4 nitrogen and oxygen atoms in total. The fourth-order valence-electron chi connectivity index (χ4n) is 4.38. The first-order valence-electron chi connectivity index (χ1n) is 17.3. The number of unbranched alkanes of at least 4 members (excludes halogenated alkanes) is 12. The molecule has 0 spiro atoms. The zero-order valence-corrected chi connectivity index (χ0v) is 37.0. The van der Waals surface area contributed by atoms with E-state index >= 15 is 0 Å². The molecule has 0 aromatic heterocycles. The fraction of sp³-hybridized carbons (Fsp3) is 1.00. The molecular formula is C32H68O4P2S4Zn. The minimum atomic E-state index is -2.89. The van der Waals surface area contributed by atoms with Crippen LogP contribution in [0.25, 0.3) is 0 Å². The predicted molar refractivity (Wildman–Crippen MR) is 199 cm³/mol. The largest absolute Gasteiger partial charge is 2.00 e. The zero-order chi connectivity index (χ0) is 32.0. The van der Waals surface area contributed by atoms with Crippen LogP contribution in [0.4, 0.5) is 0 Å². The summed E-state index contributed by atoms with van der Waals surface area (Å²) in [6, 6.07) is 0. The van der Waals surface area contributed by atoms with Gasteiger partial charge in [-0.1, -0.05) is 168 Å². The Hall–Kier alpha value is 2.46. The van der Waals surface area contributed by atoms with Crippen molar-refractivity contribution in [1.82, 2.24) is 0 Å². The van der Waals surface area contributed by atoms with E-state index in [0.29, 0.717) is 25.0 Å². The quantitative estimate of drug-likeness (QED) is 0.0406. The third kappa shape index (κ3) is 37.1. The first kappa shape index (κ1) is 49.8. The van der Waals surface area contributed by atoms with Crippen LogP contribution in [-0.2, 0) is 52.1 Å². The van der Waals surface area contributed by atoms with Crippen molar-refractivity contribution in [3.05, 3.63) is 0 Å². The molecule has 0 radical (unpaired) electrons. The molecule has 0 saturated carbocycles. The summed E-state index contributed by atoms with van der Waals surface area (Å²) in [4.78, 5) is 24.4. The molecule has 4 unspecified atom stereocenters. The molecule has 0 rings (SSSR count). The van der Waals surface area contributed by atoms with Crippen molar-refractivity contribution in [2.24, 2.45) is 11.8 Å². The summed E-state index contributed by atoms with van der Waals surface area (Å²) >= 11 is 13.0. The molecule has 0 N–H and O–H groups in total. The Labute approximate surface area is 300 Å². The Kier molecular flexibility index (Phi) is 41.5. The van der Waals surface area contributed by atoms with Crippen molar-refractivity contribution in [2.45, 2.75) is 170 Å². The van der Waals surface area contributed by atoms with Crippen molar-refractivity contribution < 1.29 is 38.3 Å². The molecule has 0 heterocycles. The molecule has 0 aliphatic heterocycles. The van der Waals surface area contributed by atoms with Gasteiger partial charge in [-0.15, -0.1) is 22.8 Å². The van der Waals surface area contributed by atoms with E-state index in [1.807, 2.05) is 0 Å². The Balaban J connectivity index is -0.000000727. The summed E-state index contributed by atoms with van der Waals surface area (Å²) in [5, 5.41) is 0. The summed E-state index contributed by atoms with van der Waals surface area (Å²) in [6.07, 6.45) is 24.3. The SMILES string of the molecule is CCCCC(CC)COP([O-])(=S)SCC(CC)CCCC.CCCCCCCCOP([O-])(=S)SCCCCCCCC.[Zn+2]. The molecule has 43 heavy (non-hydrogen) atoms.